The van der Waals surface area contributed by atoms with Crippen LogP contribution in [-0.4, -0.2) is 32.4 Å². The maximum atomic E-state index is 12.0. The number of ether oxygens (including phenoxy) is 3. The highest BCUT2D eigenvalue weighted by Crippen LogP contribution is 2.28. The van der Waals surface area contributed by atoms with Gasteiger partial charge in [-0.25, -0.2) is 5.43 Å². The molecule has 1 amide bonds. The van der Waals surface area contributed by atoms with Gasteiger partial charge in [0.25, 0.3) is 5.91 Å². The molecule has 0 unspecified atom stereocenters. The number of hydrogen-bond acceptors (Lipinski definition) is 5. The highest BCUT2D eigenvalue weighted by Gasteiger charge is 2.10. The predicted molar refractivity (Wildman–Crippen MR) is 106 cm³/mol. The van der Waals surface area contributed by atoms with E-state index in [4.69, 9.17) is 37.4 Å². The molecule has 8 heteroatoms. The zero-order valence-corrected chi connectivity index (χ0v) is 16.7. The van der Waals surface area contributed by atoms with Gasteiger partial charge in [-0.15, -0.1) is 0 Å². The van der Waals surface area contributed by atoms with Crippen LogP contribution in [0.25, 0.3) is 0 Å². The minimum Gasteiger partial charge on any atom is -0.493 e. The van der Waals surface area contributed by atoms with Crippen LogP contribution >= 0.6 is 23.2 Å². The van der Waals surface area contributed by atoms with Crippen molar-refractivity contribution in [1.82, 2.24) is 5.43 Å². The number of nitrogens with zero attached hydrogens (tertiary/aromatic N) is 1. The van der Waals surface area contributed by atoms with Crippen molar-refractivity contribution in [3.8, 4) is 17.2 Å². The number of rotatable bonds is 8. The first-order valence-electron chi connectivity index (χ1n) is 8.14. The fourth-order valence-electron chi connectivity index (χ4n) is 2.26. The first kappa shape index (κ1) is 20.9. The molecule has 0 aliphatic carbocycles. The number of benzene rings is 2. The Labute approximate surface area is 168 Å². The molecule has 6 nitrogen and oxygen atoms in total. The molecule has 0 fully saturated rings. The third-order valence-corrected chi connectivity index (χ3v) is 4.15. The average molecular weight is 411 g/mol. The molecule has 2 aromatic rings. The van der Waals surface area contributed by atoms with Crippen LogP contribution < -0.4 is 19.6 Å². The lowest BCUT2D eigenvalue weighted by molar-refractivity contribution is -0.123. The minimum atomic E-state index is -0.410. The molecule has 0 spiro atoms. The van der Waals surface area contributed by atoms with Crippen LogP contribution in [0.2, 0.25) is 10.0 Å². The van der Waals surface area contributed by atoms with Crippen LogP contribution in [0.5, 0.6) is 17.2 Å². The summed E-state index contributed by atoms with van der Waals surface area (Å²) in [6.45, 7) is 1.71. The van der Waals surface area contributed by atoms with Gasteiger partial charge in [-0.2, -0.15) is 5.10 Å². The second kappa shape index (κ2) is 10.0. The van der Waals surface area contributed by atoms with E-state index in [1.165, 1.54) is 0 Å². The second-order valence-corrected chi connectivity index (χ2v) is 6.22. The van der Waals surface area contributed by atoms with E-state index in [1.54, 1.807) is 44.6 Å². The molecule has 0 bridgehead atoms. The average Bonchev–Trinajstić information content (AvgIpc) is 2.67. The van der Waals surface area contributed by atoms with E-state index >= 15 is 0 Å². The lowest BCUT2D eigenvalue weighted by Crippen LogP contribution is -2.26. The normalized spacial score (nSPS) is 11.1. The number of carbonyl (C=O) groups excluding carboxylic acids is 1. The number of hydrogen-bond donors (Lipinski definition) is 1. The van der Waals surface area contributed by atoms with Gasteiger partial charge in [0.15, 0.2) is 18.1 Å². The van der Waals surface area contributed by atoms with Crippen molar-refractivity contribution in [2.24, 2.45) is 5.10 Å². The SMILES string of the molecule is CC/C(=N/NC(=O)COc1ccc(Cl)cc1Cl)c1ccc(OC)c(OC)c1. The molecule has 0 heterocycles. The Morgan fingerprint density at radius 1 is 1.04 bits per heavy atom. The van der Waals surface area contributed by atoms with Gasteiger partial charge in [-0.05, 0) is 42.8 Å². The van der Waals surface area contributed by atoms with Crippen molar-refractivity contribution in [2.75, 3.05) is 20.8 Å². The summed E-state index contributed by atoms with van der Waals surface area (Å²) in [4.78, 5) is 12.0. The van der Waals surface area contributed by atoms with Crippen LogP contribution in [0.3, 0.4) is 0 Å². The molecule has 0 atom stereocenters. The third kappa shape index (κ3) is 5.77. The Bertz CT molecular complexity index is 840. The maximum absolute atomic E-state index is 12.0. The zero-order valence-electron chi connectivity index (χ0n) is 15.2. The molecule has 1 N–H and O–H groups in total. The molecule has 0 aliphatic heterocycles. The van der Waals surface area contributed by atoms with Gasteiger partial charge in [-0.1, -0.05) is 30.1 Å². The zero-order chi connectivity index (χ0) is 19.8. The first-order valence-corrected chi connectivity index (χ1v) is 8.89. The monoisotopic (exact) mass is 410 g/mol. The highest BCUT2D eigenvalue weighted by atomic mass is 35.5. The Kier molecular flexibility index (Phi) is 7.76. The maximum Gasteiger partial charge on any atom is 0.277 e. The molecule has 0 aliphatic rings. The van der Waals surface area contributed by atoms with Crippen LogP contribution in [0.1, 0.15) is 18.9 Å². The predicted octanol–water partition coefficient (Wildman–Crippen LogP) is 4.32. The Balaban J connectivity index is 2.02. The van der Waals surface area contributed by atoms with Gasteiger partial charge >= 0.3 is 0 Å². The van der Waals surface area contributed by atoms with E-state index in [-0.39, 0.29) is 6.61 Å². The Morgan fingerprint density at radius 2 is 1.74 bits per heavy atom. The summed E-state index contributed by atoms with van der Waals surface area (Å²) < 4.78 is 15.9. The Hall–Kier alpha value is -2.44. The van der Waals surface area contributed by atoms with Crippen LogP contribution in [0, 0.1) is 0 Å². The topological polar surface area (TPSA) is 69.2 Å². The van der Waals surface area contributed by atoms with Crippen molar-refractivity contribution in [3.05, 3.63) is 52.0 Å². The van der Waals surface area contributed by atoms with Crippen molar-refractivity contribution >= 4 is 34.8 Å². The standard InChI is InChI=1S/C19H20Cl2N2O4/c1-4-15(12-5-7-17(25-2)18(9-12)26-3)22-23-19(24)11-27-16-8-6-13(20)10-14(16)21/h5-10H,4,11H2,1-3H3,(H,23,24)/b22-15-. The smallest absolute Gasteiger partial charge is 0.277 e. The molecule has 144 valence electrons. The van der Waals surface area contributed by atoms with E-state index in [0.29, 0.717) is 39.4 Å². The molecule has 2 aromatic carbocycles. The summed E-state index contributed by atoms with van der Waals surface area (Å²) >= 11 is 11.8. The number of carbonyl (C=O) groups is 1. The summed E-state index contributed by atoms with van der Waals surface area (Å²) in [5.41, 5.74) is 3.99. The largest absolute Gasteiger partial charge is 0.493 e. The molecular formula is C19H20Cl2N2O4. The lowest BCUT2D eigenvalue weighted by Gasteiger charge is -2.11. The van der Waals surface area contributed by atoms with E-state index in [9.17, 15) is 4.79 Å². The van der Waals surface area contributed by atoms with Crippen molar-refractivity contribution < 1.29 is 19.0 Å². The van der Waals surface area contributed by atoms with Gasteiger partial charge in [0.05, 0.1) is 25.0 Å². The number of halogens is 2. The molecule has 27 heavy (non-hydrogen) atoms. The minimum absolute atomic E-state index is 0.228. The van der Waals surface area contributed by atoms with Gasteiger partial charge < -0.3 is 14.2 Å². The summed E-state index contributed by atoms with van der Waals surface area (Å²) in [5.74, 6) is 1.17. The van der Waals surface area contributed by atoms with E-state index in [0.717, 1.165) is 5.56 Å². The summed E-state index contributed by atoms with van der Waals surface area (Å²) in [7, 11) is 3.13. The molecule has 0 saturated heterocycles. The van der Waals surface area contributed by atoms with Crippen molar-refractivity contribution in [3.63, 3.8) is 0 Å². The van der Waals surface area contributed by atoms with Gasteiger partial charge in [0.2, 0.25) is 0 Å². The summed E-state index contributed by atoms with van der Waals surface area (Å²) in [6, 6.07) is 10.2. The lowest BCUT2D eigenvalue weighted by atomic mass is 10.1. The van der Waals surface area contributed by atoms with Crippen molar-refractivity contribution in [2.45, 2.75) is 13.3 Å². The Morgan fingerprint density at radius 3 is 2.37 bits per heavy atom. The molecular weight excluding hydrogens is 391 g/mol. The van der Waals surface area contributed by atoms with E-state index < -0.39 is 5.91 Å². The number of hydrazone groups is 1. The fraction of sp³-hybridized carbons (Fsp3) is 0.263. The number of amides is 1. The summed E-state index contributed by atoms with van der Waals surface area (Å²) in [6.07, 6.45) is 0.611. The second-order valence-electron chi connectivity index (χ2n) is 5.38. The third-order valence-electron chi connectivity index (χ3n) is 3.62. The van der Waals surface area contributed by atoms with Gasteiger partial charge in [-0.3, -0.25) is 4.79 Å². The fourth-order valence-corrected chi connectivity index (χ4v) is 2.72. The quantitative estimate of drug-likeness (QED) is 0.519. The summed E-state index contributed by atoms with van der Waals surface area (Å²) in [5, 5.41) is 5.00. The van der Waals surface area contributed by atoms with Gasteiger partial charge in [0, 0.05) is 10.6 Å². The van der Waals surface area contributed by atoms with Crippen LogP contribution in [0.15, 0.2) is 41.5 Å². The number of nitrogens with one attached hydrogen (secondary N) is 1. The van der Waals surface area contributed by atoms with Gasteiger partial charge in [0.1, 0.15) is 5.75 Å². The molecule has 0 saturated carbocycles. The van der Waals surface area contributed by atoms with Crippen LogP contribution in [0.4, 0.5) is 0 Å². The van der Waals surface area contributed by atoms with E-state index in [1.807, 2.05) is 13.0 Å². The number of methoxy groups -OCH3 is 2. The van der Waals surface area contributed by atoms with Crippen LogP contribution in [-0.2, 0) is 4.79 Å². The van der Waals surface area contributed by atoms with Crippen molar-refractivity contribution in [1.29, 1.82) is 0 Å². The van der Waals surface area contributed by atoms with E-state index in [2.05, 4.69) is 10.5 Å². The first-order chi connectivity index (χ1) is 13.0. The molecule has 2 rings (SSSR count). The molecule has 0 aromatic heterocycles. The highest BCUT2D eigenvalue weighted by molar-refractivity contribution is 6.35. The molecule has 0 radical (unpaired) electrons.